The fraction of sp³-hybridized carbons (Fsp3) is 0.200. The fourth-order valence-electron chi connectivity index (χ4n) is 3.16. The Balaban J connectivity index is 1.51. The zero-order valence-electron chi connectivity index (χ0n) is 15.6. The molecule has 2 heterocycles. The second-order valence-corrected chi connectivity index (χ2v) is 6.47. The van der Waals surface area contributed by atoms with Crippen LogP contribution in [0.4, 0.5) is 20.6 Å². The summed E-state index contributed by atoms with van der Waals surface area (Å²) in [5.74, 6) is -1.14. The van der Waals surface area contributed by atoms with Crippen LogP contribution in [0.3, 0.4) is 0 Å². The van der Waals surface area contributed by atoms with Gasteiger partial charge < -0.3 is 15.2 Å². The molecule has 0 saturated heterocycles. The summed E-state index contributed by atoms with van der Waals surface area (Å²) in [6, 6.07) is 10.9. The molecule has 0 radical (unpaired) electrons. The van der Waals surface area contributed by atoms with Crippen LogP contribution in [0.5, 0.6) is 0 Å². The van der Waals surface area contributed by atoms with E-state index in [9.17, 15) is 14.0 Å². The molecule has 9 heteroatoms. The van der Waals surface area contributed by atoms with Crippen LogP contribution in [-0.4, -0.2) is 35.2 Å². The van der Waals surface area contributed by atoms with Crippen molar-refractivity contribution >= 4 is 23.3 Å². The first-order valence-corrected chi connectivity index (χ1v) is 9.14. The number of benzene rings is 2. The van der Waals surface area contributed by atoms with Crippen molar-refractivity contribution in [1.82, 2.24) is 15.5 Å². The van der Waals surface area contributed by atoms with Gasteiger partial charge in [0.15, 0.2) is 0 Å². The lowest BCUT2D eigenvalue weighted by atomic mass is 10.1. The van der Waals surface area contributed by atoms with Crippen molar-refractivity contribution < 1.29 is 18.5 Å². The van der Waals surface area contributed by atoms with Crippen LogP contribution in [-0.2, 0) is 6.42 Å². The van der Waals surface area contributed by atoms with Gasteiger partial charge in [0.25, 0.3) is 17.6 Å². The van der Waals surface area contributed by atoms with Crippen LogP contribution < -0.4 is 15.5 Å². The quantitative estimate of drug-likeness (QED) is 0.707. The lowest BCUT2D eigenvalue weighted by molar-refractivity contribution is 0.101. The Kier molecular flexibility index (Phi) is 4.94. The summed E-state index contributed by atoms with van der Waals surface area (Å²) in [5, 5.41) is 9.14. The minimum absolute atomic E-state index is 0.0472. The molecule has 0 spiro atoms. The van der Waals surface area contributed by atoms with E-state index < -0.39 is 11.7 Å². The van der Waals surface area contributed by atoms with Gasteiger partial charge in [-0.3, -0.25) is 9.69 Å². The van der Waals surface area contributed by atoms with Crippen molar-refractivity contribution in [2.75, 3.05) is 23.3 Å². The van der Waals surface area contributed by atoms with Gasteiger partial charge in [0.2, 0.25) is 0 Å². The summed E-state index contributed by atoms with van der Waals surface area (Å²) in [5.41, 5.74) is 2.67. The van der Waals surface area contributed by atoms with Gasteiger partial charge in [-0.1, -0.05) is 17.3 Å². The maximum Gasteiger partial charge on any atom is 0.321 e. The molecule has 0 aliphatic carbocycles. The summed E-state index contributed by atoms with van der Waals surface area (Å²) in [6.45, 7) is 2.97. The van der Waals surface area contributed by atoms with Gasteiger partial charge in [0, 0.05) is 24.3 Å². The second-order valence-electron chi connectivity index (χ2n) is 6.47. The molecule has 2 aromatic carbocycles. The third kappa shape index (κ3) is 3.79. The Morgan fingerprint density at radius 3 is 2.90 bits per heavy atom. The number of amides is 3. The number of rotatable bonds is 4. The van der Waals surface area contributed by atoms with E-state index in [2.05, 4.69) is 20.8 Å². The van der Waals surface area contributed by atoms with E-state index in [1.54, 1.807) is 23.1 Å². The zero-order chi connectivity index (χ0) is 20.4. The van der Waals surface area contributed by atoms with Gasteiger partial charge in [-0.25, -0.2) is 9.18 Å². The normalized spacial score (nSPS) is 12.6. The molecule has 2 N–H and O–H groups in total. The first-order chi connectivity index (χ1) is 14.0. The number of fused-ring (bicyclic) bond motifs is 1. The number of carbonyl (C=O) groups excluding carboxylic acids is 2. The molecule has 8 nitrogen and oxygen atoms in total. The van der Waals surface area contributed by atoms with E-state index >= 15 is 0 Å². The van der Waals surface area contributed by atoms with E-state index in [0.29, 0.717) is 24.3 Å². The standard InChI is InChI=1S/C20H18FN5O3/c1-2-22-20(28)26-9-8-12-6-7-15(11-16(12)26)23-18(27)17-24-19(29-25-17)13-4-3-5-14(21)10-13/h3-7,10-11H,2,8-9H2,1H3,(H,22,28)(H,23,27). The van der Waals surface area contributed by atoms with Crippen LogP contribution in [0.15, 0.2) is 47.0 Å². The number of hydrogen-bond acceptors (Lipinski definition) is 5. The van der Waals surface area contributed by atoms with Crippen LogP contribution >= 0.6 is 0 Å². The summed E-state index contributed by atoms with van der Waals surface area (Å²) >= 11 is 0. The fourth-order valence-corrected chi connectivity index (χ4v) is 3.16. The maximum absolute atomic E-state index is 13.4. The minimum Gasteiger partial charge on any atom is -0.338 e. The highest BCUT2D eigenvalue weighted by Gasteiger charge is 2.25. The van der Waals surface area contributed by atoms with Crippen molar-refractivity contribution in [3.05, 3.63) is 59.7 Å². The van der Waals surface area contributed by atoms with Crippen molar-refractivity contribution in [3.8, 4) is 11.5 Å². The molecule has 1 aliphatic heterocycles. The van der Waals surface area contributed by atoms with Crippen molar-refractivity contribution in [2.24, 2.45) is 0 Å². The Morgan fingerprint density at radius 2 is 2.10 bits per heavy atom. The molecule has 1 aromatic heterocycles. The highest BCUT2D eigenvalue weighted by Crippen LogP contribution is 2.31. The molecule has 1 aliphatic rings. The van der Waals surface area contributed by atoms with Gasteiger partial charge in [-0.2, -0.15) is 4.98 Å². The van der Waals surface area contributed by atoms with Gasteiger partial charge >= 0.3 is 6.03 Å². The number of aromatic nitrogens is 2. The first-order valence-electron chi connectivity index (χ1n) is 9.14. The van der Waals surface area contributed by atoms with E-state index in [1.807, 2.05) is 13.0 Å². The third-order valence-electron chi connectivity index (χ3n) is 4.51. The molecule has 29 heavy (non-hydrogen) atoms. The number of anilines is 2. The molecule has 4 rings (SSSR count). The molecule has 148 valence electrons. The molecule has 0 fully saturated rings. The van der Waals surface area contributed by atoms with Crippen LogP contribution in [0.25, 0.3) is 11.5 Å². The molecular formula is C20H18FN5O3. The second kappa shape index (κ2) is 7.70. The van der Waals surface area contributed by atoms with Crippen molar-refractivity contribution in [1.29, 1.82) is 0 Å². The predicted molar refractivity (Wildman–Crippen MR) is 104 cm³/mol. The lowest BCUT2D eigenvalue weighted by Gasteiger charge is -2.18. The Hall–Kier alpha value is -3.75. The van der Waals surface area contributed by atoms with E-state index in [-0.39, 0.29) is 17.7 Å². The number of nitrogens with zero attached hydrogens (tertiary/aromatic N) is 3. The van der Waals surface area contributed by atoms with E-state index in [1.165, 1.54) is 18.2 Å². The third-order valence-corrected chi connectivity index (χ3v) is 4.51. The lowest BCUT2D eigenvalue weighted by Crippen LogP contribution is -2.38. The van der Waals surface area contributed by atoms with Gasteiger partial charge in [-0.15, -0.1) is 0 Å². The molecule has 0 unspecified atom stereocenters. The average molecular weight is 395 g/mol. The molecular weight excluding hydrogens is 377 g/mol. The predicted octanol–water partition coefficient (Wildman–Crippen LogP) is 3.22. The molecule has 0 saturated carbocycles. The first kappa shape index (κ1) is 18.6. The number of carbonyl (C=O) groups is 2. The summed E-state index contributed by atoms with van der Waals surface area (Å²) < 4.78 is 18.4. The number of hydrogen-bond donors (Lipinski definition) is 2. The van der Waals surface area contributed by atoms with Crippen LogP contribution in [0, 0.1) is 5.82 Å². The number of urea groups is 1. The Bertz CT molecular complexity index is 1080. The Morgan fingerprint density at radius 1 is 1.24 bits per heavy atom. The van der Waals surface area contributed by atoms with Crippen LogP contribution in [0.1, 0.15) is 23.1 Å². The maximum atomic E-state index is 13.4. The number of nitrogens with one attached hydrogen (secondary N) is 2. The SMILES string of the molecule is CCNC(=O)N1CCc2ccc(NC(=O)c3noc(-c4cccc(F)c4)n3)cc21. The van der Waals surface area contributed by atoms with E-state index in [4.69, 9.17) is 4.52 Å². The Labute approximate surface area is 165 Å². The van der Waals surface area contributed by atoms with E-state index in [0.717, 1.165) is 17.7 Å². The van der Waals surface area contributed by atoms with Gasteiger partial charge in [0.05, 0.1) is 5.69 Å². The molecule has 0 bridgehead atoms. The molecule has 3 amide bonds. The monoisotopic (exact) mass is 395 g/mol. The van der Waals surface area contributed by atoms with Crippen molar-refractivity contribution in [3.63, 3.8) is 0 Å². The zero-order valence-corrected chi connectivity index (χ0v) is 15.6. The van der Waals surface area contributed by atoms with Crippen LogP contribution in [0.2, 0.25) is 0 Å². The summed E-state index contributed by atoms with van der Waals surface area (Å²) in [7, 11) is 0. The highest BCUT2D eigenvalue weighted by molar-refractivity contribution is 6.02. The smallest absolute Gasteiger partial charge is 0.321 e. The highest BCUT2D eigenvalue weighted by atomic mass is 19.1. The molecule has 3 aromatic rings. The average Bonchev–Trinajstić information content (AvgIpc) is 3.35. The topological polar surface area (TPSA) is 100 Å². The summed E-state index contributed by atoms with van der Waals surface area (Å²) in [6.07, 6.45) is 0.753. The van der Waals surface area contributed by atoms with Gasteiger partial charge in [0.1, 0.15) is 5.82 Å². The number of halogens is 1. The van der Waals surface area contributed by atoms with Crippen molar-refractivity contribution in [2.45, 2.75) is 13.3 Å². The molecule has 0 atom stereocenters. The minimum atomic E-state index is -0.570. The largest absolute Gasteiger partial charge is 0.338 e. The van der Waals surface area contributed by atoms with Gasteiger partial charge in [-0.05, 0) is 49.2 Å². The summed E-state index contributed by atoms with van der Waals surface area (Å²) in [4.78, 5) is 30.3.